The number of fused-ring (bicyclic) bond motifs is 1. The first-order valence-electron chi connectivity index (χ1n) is 9.47. The lowest BCUT2D eigenvalue weighted by atomic mass is 9.45. The van der Waals surface area contributed by atoms with Crippen molar-refractivity contribution >= 4 is 0 Å². The first kappa shape index (κ1) is 18.3. The smallest absolute Gasteiger partial charge is 0.0653 e. The summed E-state index contributed by atoms with van der Waals surface area (Å²) in [6.45, 7) is 12.0. The monoisotopic (exact) mass is 310 g/mol. The van der Waals surface area contributed by atoms with Crippen molar-refractivity contribution in [3.63, 3.8) is 0 Å². The zero-order valence-electron chi connectivity index (χ0n) is 15.5. The van der Waals surface area contributed by atoms with Crippen molar-refractivity contribution < 1.29 is 10.2 Å². The van der Waals surface area contributed by atoms with Gasteiger partial charge in [0.05, 0.1) is 5.60 Å². The lowest BCUT2D eigenvalue weighted by Crippen LogP contribution is -2.57. The summed E-state index contributed by atoms with van der Waals surface area (Å²) >= 11 is 0. The fourth-order valence-corrected chi connectivity index (χ4v) is 6.08. The molecule has 0 amide bonds. The Morgan fingerprint density at radius 1 is 1.05 bits per heavy atom. The fraction of sp³-hybridized carbons (Fsp3) is 1.00. The quantitative estimate of drug-likeness (QED) is 0.767. The largest absolute Gasteiger partial charge is 0.396 e. The minimum atomic E-state index is -0.516. The second kappa shape index (κ2) is 6.43. The molecule has 0 heterocycles. The van der Waals surface area contributed by atoms with E-state index in [1.165, 1.54) is 25.7 Å². The number of hydrogen-bond acceptors (Lipinski definition) is 2. The molecule has 2 heteroatoms. The average molecular weight is 311 g/mol. The molecule has 0 aliphatic heterocycles. The highest BCUT2D eigenvalue weighted by molar-refractivity contribution is 5.07. The maximum Gasteiger partial charge on any atom is 0.0653 e. The molecule has 0 aromatic rings. The maximum atomic E-state index is 11.1. The van der Waals surface area contributed by atoms with Crippen molar-refractivity contribution in [2.24, 2.45) is 28.6 Å². The van der Waals surface area contributed by atoms with E-state index in [0.29, 0.717) is 17.3 Å². The van der Waals surface area contributed by atoms with Crippen LogP contribution in [-0.2, 0) is 0 Å². The van der Waals surface area contributed by atoms with Crippen LogP contribution < -0.4 is 0 Å². The molecule has 0 radical (unpaired) electrons. The third-order valence-corrected chi connectivity index (χ3v) is 7.33. The van der Waals surface area contributed by atoms with Gasteiger partial charge in [0.2, 0.25) is 0 Å². The van der Waals surface area contributed by atoms with Gasteiger partial charge in [0, 0.05) is 6.61 Å². The van der Waals surface area contributed by atoms with Crippen LogP contribution in [0.1, 0.15) is 86.0 Å². The highest BCUT2D eigenvalue weighted by atomic mass is 16.3. The van der Waals surface area contributed by atoms with Crippen molar-refractivity contribution in [2.45, 2.75) is 91.6 Å². The standard InChI is InChI=1S/C20H38O2/c1-15(10-14-21)7-8-17-19(4)12-6-11-18(2,3)16(19)9-13-20(17,5)22/h15-17,21-22H,6-14H2,1-5H3/t15-,16-,17-,19+,20-/m1/s1. The Morgan fingerprint density at radius 2 is 1.73 bits per heavy atom. The lowest BCUT2D eigenvalue weighted by Gasteiger charge is -2.61. The van der Waals surface area contributed by atoms with Crippen LogP contribution in [0.5, 0.6) is 0 Å². The Hall–Kier alpha value is -0.0800. The summed E-state index contributed by atoms with van der Waals surface area (Å²) in [6, 6.07) is 0. The summed E-state index contributed by atoms with van der Waals surface area (Å²) in [5.41, 5.74) is 0.179. The van der Waals surface area contributed by atoms with Gasteiger partial charge in [-0.15, -0.1) is 0 Å². The van der Waals surface area contributed by atoms with Crippen LogP contribution in [-0.4, -0.2) is 22.4 Å². The van der Waals surface area contributed by atoms with Gasteiger partial charge >= 0.3 is 0 Å². The van der Waals surface area contributed by atoms with Crippen LogP contribution in [0.25, 0.3) is 0 Å². The maximum absolute atomic E-state index is 11.1. The van der Waals surface area contributed by atoms with Gasteiger partial charge in [-0.3, -0.25) is 0 Å². The van der Waals surface area contributed by atoms with E-state index in [1.807, 2.05) is 0 Å². The summed E-state index contributed by atoms with van der Waals surface area (Å²) in [4.78, 5) is 0. The highest BCUT2D eigenvalue weighted by Gasteiger charge is 2.57. The second-order valence-corrected chi connectivity index (χ2v) is 9.54. The Labute approximate surface area is 137 Å². The fourth-order valence-electron chi connectivity index (χ4n) is 6.08. The molecule has 2 nitrogen and oxygen atoms in total. The molecular weight excluding hydrogens is 272 g/mol. The van der Waals surface area contributed by atoms with Crippen molar-refractivity contribution in [3.05, 3.63) is 0 Å². The van der Waals surface area contributed by atoms with E-state index in [0.717, 1.165) is 31.6 Å². The molecule has 2 aliphatic carbocycles. The van der Waals surface area contributed by atoms with Gasteiger partial charge in [0.1, 0.15) is 0 Å². The molecule has 2 saturated carbocycles. The van der Waals surface area contributed by atoms with Crippen LogP contribution in [0, 0.1) is 28.6 Å². The Morgan fingerprint density at radius 3 is 2.36 bits per heavy atom. The lowest BCUT2D eigenvalue weighted by molar-refractivity contribution is -0.170. The van der Waals surface area contributed by atoms with E-state index in [-0.39, 0.29) is 12.0 Å². The van der Waals surface area contributed by atoms with E-state index >= 15 is 0 Å². The highest BCUT2D eigenvalue weighted by Crippen LogP contribution is 2.63. The molecule has 2 N–H and O–H groups in total. The van der Waals surface area contributed by atoms with Crippen molar-refractivity contribution in [1.82, 2.24) is 0 Å². The van der Waals surface area contributed by atoms with E-state index in [1.54, 1.807) is 0 Å². The molecule has 0 aromatic heterocycles. The van der Waals surface area contributed by atoms with Gasteiger partial charge in [0.15, 0.2) is 0 Å². The minimum Gasteiger partial charge on any atom is -0.396 e. The number of hydrogen-bond donors (Lipinski definition) is 2. The van der Waals surface area contributed by atoms with E-state index in [9.17, 15) is 5.11 Å². The van der Waals surface area contributed by atoms with Crippen LogP contribution in [0.15, 0.2) is 0 Å². The molecule has 0 aromatic carbocycles. The van der Waals surface area contributed by atoms with Crippen LogP contribution in [0.2, 0.25) is 0 Å². The Kier molecular flexibility index (Phi) is 5.34. The predicted molar refractivity (Wildman–Crippen MR) is 92.7 cm³/mol. The molecule has 0 unspecified atom stereocenters. The molecule has 0 spiro atoms. The minimum absolute atomic E-state index is 0.280. The van der Waals surface area contributed by atoms with Gasteiger partial charge in [-0.25, -0.2) is 0 Å². The van der Waals surface area contributed by atoms with Gasteiger partial charge in [-0.05, 0) is 74.0 Å². The van der Waals surface area contributed by atoms with Gasteiger partial charge in [0.25, 0.3) is 0 Å². The second-order valence-electron chi connectivity index (χ2n) is 9.54. The third kappa shape index (κ3) is 3.38. The van der Waals surface area contributed by atoms with E-state index in [4.69, 9.17) is 5.11 Å². The first-order valence-corrected chi connectivity index (χ1v) is 9.47. The summed E-state index contributed by atoms with van der Waals surface area (Å²) in [6.07, 6.45) is 9.18. The third-order valence-electron chi connectivity index (χ3n) is 7.33. The molecular formula is C20H38O2. The predicted octanol–water partition coefficient (Wildman–Crippen LogP) is 4.78. The van der Waals surface area contributed by atoms with Crippen LogP contribution >= 0.6 is 0 Å². The molecule has 0 saturated heterocycles. The molecule has 2 rings (SSSR count). The zero-order chi connectivity index (χ0) is 16.6. The van der Waals surface area contributed by atoms with Gasteiger partial charge in [-0.1, -0.05) is 40.5 Å². The molecule has 2 aliphatic rings. The summed E-state index contributed by atoms with van der Waals surface area (Å²) in [5.74, 6) is 1.70. The van der Waals surface area contributed by atoms with E-state index in [2.05, 4.69) is 34.6 Å². The number of aliphatic hydroxyl groups excluding tert-OH is 1. The summed E-state index contributed by atoms with van der Waals surface area (Å²) in [7, 11) is 0. The van der Waals surface area contributed by atoms with Gasteiger partial charge in [-0.2, -0.15) is 0 Å². The topological polar surface area (TPSA) is 40.5 Å². The summed E-state index contributed by atoms with van der Waals surface area (Å²) in [5, 5.41) is 20.2. The zero-order valence-corrected chi connectivity index (χ0v) is 15.5. The summed E-state index contributed by atoms with van der Waals surface area (Å²) < 4.78 is 0. The molecule has 0 bridgehead atoms. The van der Waals surface area contributed by atoms with E-state index < -0.39 is 5.60 Å². The molecule has 5 atom stereocenters. The van der Waals surface area contributed by atoms with Crippen molar-refractivity contribution in [1.29, 1.82) is 0 Å². The first-order chi connectivity index (χ1) is 10.1. The molecule has 130 valence electrons. The van der Waals surface area contributed by atoms with Crippen LogP contribution in [0.4, 0.5) is 0 Å². The van der Waals surface area contributed by atoms with Crippen molar-refractivity contribution in [2.75, 3.05) is 6.61 Å². The normalized spacial score (nSPS) is 42.7. The number of rotatable bonds is 5. The number of aliphatic hydroxyl groups is 2. The Balaban J connectivity index is 2.19. The van der Waals surface area contributed by atoms with Crippen LogP contribution in [0.3, 0.4) is 0 Å². The molecule has 2 fully saturated rings. The van der Waals surface area contributed by atoms with Gasteiger partial charge < -0.3 is 10.2 Å². The SMILES string of the molecule is C[C@@H](CCO)CC[C@@H]1[C@@]2(C)CCCC(C)(C)[C@H]2CC[C@@]1(C)O. The van der Waals surface area contributed by atoms with Crippen molar-refractivity contribution in [3.8, 4) is 0 Å². The average Bonchev–Trinajstić information content (AvgIpc) is 2.36. The molecule has 22 heavy (non-hydrogen) atoms. The Bertz CT molecular complexity index is 374.